The van der Waals surface area contributed by atoms with Crippen LogP contribution in [0.2, 0.25) is 5.02 Å². The molecule has 2 aromatic rings. The average molecular weight is 449 g/mol. The molecule has 1 aromatic carbocycles. The molecule has 0 unspecified atom stereocenters. The number of amides is 2. The number of hydrogen-bond acceptors (Lipinski definition) is 5. The van der Waals surface area contributed by atoms with Crippen molar-refractivity contribution in [3.8, 4) is 0 Å². The van der Waals surface area contributed by atoms with Gasteiger partial charge in [0.2, 0.25) is 11.8 Å². The first-order chi connectivity index (χ1) is 13.6. The number of hydrogen-bond donors (Lipinski definition) is 2. The number of aromatic nitrogens is 2. The van der Waals surface area contributed by atoms with Gasteiger partial charge in [0.05, 0.1) is 22.4 Å². The molecule has 0 saturated carbocycles. The van der Waals surface area contributed by atoms with Gasteiger partial charge in [-0.3, -0.25) is 14.4 Å². The summed E-state index contributed by atoms with van der Waals surface area (Å²) in [4.78, 5) is 35.8. The third kappa shape index (κ3) is 6.50. The van der Waals surface area contributed by atoms with Crippen LogP contribution in [0.5, 0.6) is 0 Å². The molecular weight excluding hydrogens is 433 g/mol. The topological polar surface area (TPSA) is 93.1 Å². The number of carbonyl (C=O) groups is 2. The minimum Gasteiger partial charge on any atom is -0.358 e. The normalized spacial score (nSPS) is 11.2. The highest BCUT2D eigenvalue weighted by Gasteiger charge is 2.29. The Bertz CT molecular complexity index is 948. The summed E-state index contributed by atoms with van der Waals surface area (Å²) in [5.41, 5.74) is -1.02. The lowest BCUT2D eigenvalue weighted by molar-refractivity contribution is -0.137. The molecule has 12 heteroatoms. The van der Waals surface area contributed by atoms with E-state index in [1.807, 2.05) is 0 Å². The number of thioether (sulfide) groups is 1. The maximum atomic E-state index is 12.5. The first-order valence-electron chi connectivity index (χ1n) is 8.13. The number of rotatable bonds is 7. The largest absolute Gasteiger partial charge is 0.416 e. The van der Waals surface area contributed by atoms with Crippen LogP contribution in [-0.2, 0) is 28.9 Å². The second kappa shape index (κ2) is 9.79. The molecule has 2 amide bonds. The number of nitrogens with one attached hydrogen (secondary N) is 2. The van der Waals surface area contributed by atoms with Gasteiger partial charge in [-0.25, -0.2) is 4.68 Å². The Labute approximate surface area is 172 Å². The van der Waals surface area contributed by atoms with E-state index in [1.165, 1.54) is 25.4 Å². The van der Waals surface area contributed by atoms with Crippen LogP contribution in [-0.4, -0.2) is 34.4 Å². The molecule has 0 fully saturated rings. The molecule has 7 nitrogen and oxygen atoms in total. The van der Waals surface area contributed by atoms with Gasteiger partial charge in [0.25, 0.3) is 5.56 Å². The number of carbonyl (C=O) groups excluding carboxylic acids is 2. The SMILES string of the molecule is CNC(=O)CSc1cnn(CC(=O)NCc2ccc(C(F)(F)F)cc2)c(=O)c1Cl. The van der Waals surface area contributed by atoms with Gasteiger partial charge in [-0.2, -0.15) is 18.3 Å². The average Bonchev–Trinajstić information content (AvgIpc) is 2.68. The van der Waals surface area contributed by atoms with Crippen molar-refractivity contribution < 1.29 is 22.8 Å². The van der Waals surface area contributed by atoms with Gasteiger partial charge in [0, 0.05) is 13.6 Å². The van der Waals surface area contributed by atoms with E-state index in [2.05, 4.69) is 15.7 Å². The van der Waals surface area contributed by atoms with Crippen LogP contribution in [0, 0.1) is 0 Å². The summed E-state index contributed by atoms with van der Waals surface area (Å²) >= 11 is 7.01. The molecule has 156 valence electrons. The third-order valence-electron chi connectivity index (χ3n) is 3.65. The number of nitrogens with zero attached hydrogens (tertiary/aromatic N) is 2. The van der Waals surface area contributed by atoms with Crippen molar-refractivity contribution in [2.24, 2.45) is 0 Å². The van der Waals surface area contributed by atoms with E-state index in [9.17, 15) is 27.6 Å². The molecule has 1 heterocycles. The first-order valence-corrected chi connectivity index (χ1v) is 9.50. The fraction of sp³-hybridized carbons (Fsp3) is 0.294. The van der Waals surface area contributed by atoms with Crippen molar-refractivity contribution in [1.29, 1.82) is 0 Å². The monoisotopic (exact) mass is 448 g/mol. The Morgan fingerprint density at radius 1 is 1.21 bits per heavy atom. The highest BCUT2D eigenvalue weighted by molar-refractivity contribution is 8.00. The first kappa shape index (κ1) is 22.8. The highest BCUT2D eigenvalue weighted by atomic mass is 35.5. The molecule has 2 N–H and O–H groups in total. The minimum absolute atomic E-state index is 0.0144. The Morgan fingerprint density at radius 2 is 1.86 bits per heavy atom. The predicted octanol–water partition coefficient (Wildman–Crippen LogP) is 2.07. The summed E-state index contributed by atoms with van der Waals surface area (Å²) in [6, 6.07) is 4.34. The van der Waals surface area contributed by atoms with Crippen molar-refractivity contribution >= 4 is 35.2 Å². The molecule has 0 atom stereocenters. The van der Waals surface area contributed by atoms with Gasteiger partial charge in [0.15, 0.2) is 0 Å². The van der Waals surface area contributed by atoms with Crippen LogP contribution in [0.15, 0.2) is 40.2 Å². The Morgan fingerprint density at radius 3 is 2.45 bits per heavy atom. The molecule has 0 aliphatic carbocycles. The number of alkyl halides is 3. The zero-order valence-electron chi connectivity index (χ0n) is 15.0. The third-order valence-corrected chi connectivity index (χ3v) is 5.16. The van der Waals surface area contributed by atoms with Gasteiger partial charge < -0.3 is 10.6 Å². The lowest BCUT2D eigenvalue weighted by Gasteiger charge is -2.10. The molecular formula is C17H16ClF3N4O3S. The van der Waals surface area contributed by atoms with Gasteiger partial charge in [-0.1, -0.05) is 23.7 Å². The fourth-order valence-electron chi connectivity index (χ4n) is 2.08. The molecule has 1 aromatic heterocycles. The lowest BCUT2D eigenvalue weighted by atomic mass is 10.1. The lowest BCUT2D eigenvalue weighted by Crippen LogP contribution is -2.33. The van der Waals surface area contributed by atoms with Gasteiger partial charge >= 0.3 is 6.18 Å². The molecule has 0 saturated heterocycles. The highest BCUT2D eigenvalue weighted by Crippen LogP contribution is 2.29. The van der Waals surface area contributed by atoms with Crippen molar-refractivity contribution in [2.45, 2.75) is 24.2 Å². The summed E-state index contributed by atoms with van der Waals surface area (Å²) < 4.78 is 38.5. The van der Waals surface area contributed by atoms with Crippen molar-refractivity contribution in [3.63, 3.8) is 0 Å². The zero-order valence-corrected chi connectivity index (χ0v) is 16.6. The molecule has 2 rings (SSSR count). The Balaban J connectivity index is 1.96. The molecule has 0 radical (unpaired) electrons. The minimum atomic E-state index is -4.43. The summed E-state index contributed by atoms with van der Waals surface area (Å²) in [6.45, 7) is -0.431. The summed E-state index contributed by atoms with van der Waals surface area (Å²) in [7, 11) is 1.48. The van der Waals surface area contributed by atoms with Crippen molar-refractivity contribution in [3.05, 3.63) is 57.0 Å². The van der Waals surface area contributed by atoms with Gasteiger partial charge in [-0.15, -0.1) is 11.8 Å². The number of halogens is 4. The van der Waals surface area contributed by atoms with E-state index in [4.69, 9.17) is 11.6 Å². The summed E-state index contributed by atoms with van der Waals surface area (Å²) in [5.74, 6) is -0.770. The van der Waals surface area contributed by atoms with E-state index in [0.29, 0.717) is 10.5 Å². The van der Waals surface area contributed by atoms with E-state index in [-0.39, 0.29) is 23.2 Å². The molecule has 29 heavy (non-hydrogen) atoms. The predicted molar refractivity (Wildman–Crippen MR) is 102 cm³/mol. The van der Waals surface area contributed by atoms with Crippen LogP contribution < -0.4 is 16.2 Å². The van der Waals surface area contributed by atoms with E-state index >= 15 is 0 Å². The quantitative estimate of drug-likeness (QED) is 0.632. The Kier molecular flexibility index (Phi) is 7.68. The maximum absolute atomic E-state index is 12.5. The molecule has 0 bridgehead atoms. The van der Waals surface area contributed by atoms with Crippen LogP contribution >= 0.6 is 23.4 Å². The van der Waals surface area contributed by atoms with Crippen molar-refractivity contribution in [2.75, 3.05) is 12.8 Å². The number of benzene rings is 1. The summed E-state index contributed by atoms with van der Waals surface area (Å²) in [5, 5.41) is 8.62. The van der Waals surface area contributed by atoms with Crippen LogP contribution in [0.3, 0.4) is 0 Å². The Hall–Kier alpha value is -2.53. The van der Waals surface area contributed by atoms with Gasteiger partial charge in [0.1, 0.15) is 11.6 Å². The standard InChI is InChI=1S/C17H16ClF3N4O3S/c1-22-14(27)9-29-12-7-24-25(16(28)15(12)18)8-13(26)23-6-10-2-4-11(5-3-10)17(19,20)21/h2-5,7H,6,8-9H2,1H3,(H,22,27)(H,23,26). The maximum Gasteiger partial charge on any atom is 0.416 e. The second-order valence-electron chi connectivity index (χ2n) is 5.72. The van der Waals surface area contributed by atoms with Crippen LogP contribution in [0.1, 0.15) is 11.1 Å². The molecule has 0 spiro atoms. The van der Waals surface area contributed by atoms with Crippen LogP contribution in [0.4, 0.5) is 13.2 Å². The summed E-state index contributed by atoms with van der Waals surface area (Å²) in [6.07, 6.45) is -3.15. The molecule has 0 aliphatic rings. The van der Waals surface area contributed by atoms with Gasteiger partial charge in [-0.05, 0) is 17.7 Å². The van der Waals surface area contributed by atoms with Crippen LogP contribution in [0.25, 0.3) is 0 Å². The zero-order chi connectivity index (χ0) is 21.6. The van der Waals surface area contributed by atoms with E-state index < -0.39 is 29.8 Å². The smallest absolute Gasteiger partial charge is 0.358 e. The van der Waals surface area contributed by atoms with E-state index in [1.54, 1.807) is 0 Å². The fourth-order valence-corrected chi connectivity index (χ4v) is 3.16. The van der Waals surface area contributed by atoms with Crippen molar-refractivity contribution in [1.82, 2.24) is 20.4 Å². The second-order valence-corrected chi connectivity index (χ2v) is 7.11. The van der Waals surface area contributed by atoms with E-state index in [0.717, 1.165) is 28.6 Å². The molecule has 0 aliphatic heterocycles.